The molecule has 3 atom stereocenters. The Bertz CT molecular complexity index is 404. The minimum Gasteiger partial charge on any atom is -0.363 e. The average Bonchev–Trinajstić information content (AvgIpc) is 2.74. The van der Waals surface area contributed by atoms with Gasteiger partial charge in [0, 0.05) is 5.92 Å². The minimum atomic E-state index is 0.000218. The van der Waals surface area contributed by atoms with Crippen LogP contribution in [0.2, 0.25) is 0 Å². The summed E-state index contributed by atoms with van der Waals surface area (Å²) in [6, 6.07) is 8.85. The largest absolute Gasteiger partial charge is 0.363 e. The lowest BCUT2D eigenvalue weighted by Crippen LogP contribution is -2.17. The highest BCUT2D eigenvalue weighted by molar-refractivity contribution is 5.32. The van der Waals surface area contributed by atoms with E-state index in [0.29, 0.717) is 12.0 Å². The van der Waals surface area contributed by atoms with E-state index in [0.717, 1.165) is 6.42 Å². The Kier molecular flexibility index (Phi) is 1.81. The predicted molar refractivity (Wildman–Crippen MR) is 61.0 cm³/mol. The van der Waals surface area contributed by atoms with Crippen LogP contribution in [0.5, 0.6) is 0 Å². The Morgan fingerprint density at radius 2 is 2.00 bits per heavy atom. The number of fused-ring (bicyclic) bond motifs is 2. The van der Waals surface area contributed by atoms with Crippen LogP contribution in [0.3, 0.4) is 0 Å². The van der Waals surface area contributed by atoms with Crippen LogP contribution in [0.15, 0.2) is 36.4 Å². The van der Waals surface area contributed by atoms with Gasteiger partial charge in [0.05, 0.1) is 11.7 Å². The first-order valence-electron chi connectivity index (χ1n) is 5.60. The second-order valence-corrected chi connectivity index (χ2v) is 4.98. The molecule has 3 rings (SSSR count). The van der Waals surface area contributed by atoms with Crippen molar-refractivity contribution in [3.8, 4) is 0 Å². The molecular formula is C14H16O. The van der Waals surface area contributed by atoms with E-state index in [1.807, 2.05) is 0 Å². The van der Waals surface area contributed by atoms with Gasteiger partial charge in [-0.05, 0) is 25.8 Å². The van der Waals surface area contributed by atoms with Crippen molar-refractivity contribution in [2.24, 2.45) is 0 Å². The maximum Gasteiger partial charge on any atom is 0.0850 e. The lowest BCUT2D eigenvalue weighted by Gasteiger charge is -2.18. The van der Waals surface area contributed by atoms with Crippen LogP contribution < -0.4 is 0 Å². The highest BCUT2D eigenvalue weighted by Crippen LogP contribution is 2.46. The van der Waals surface area contributed by atoms with Crippen molar-refractivity contribution >= 4 is 0 Å². The Morgan fingerprint density at radius 1 is 1.27 bits per heavy atom. The summed E-state index contributed by atoms with van der Waals surface area (Å²) in [6.45, 7) is 4.31. The second kappa shape index (κ2) is 2.96. The quantitative estimate of drug-likeness (QED) is 0.632. The van der Waals surface area contributed by atoms with Gasteiger partial charge in [-0.15, -0.1) is 0 Å². The summed E-state index contributed by atoms with van der Waals surface area (Å²) < 4.78 is 5.95. The van der Waals surface area contributed by atoms with Gasteiger partial charge in [0.2, 0.25) is 0 Å². The lowest BCUT2D eigenvalue weighted by atomic mass is 9.83. The molecule has 2 aliphatic heterocycles. The molecule has 0 radical (unpaired) electrons. The number of benzene rings is 1. The molecule has 1 aromatic carbocycles. The topological polar surface area (TPSA) is 9.23 Å². The molecule has 15 heavy (non-hydrogen) atoms. The summed E-state index contributed by atoms with van der Waals surface area (Å²) in [5.74, 6) is 0.556. The van der Waals surface area contributed by atoms with Gasteiger partial charge in [-0.3, -0.25) is 0 Å². The molecule has 0 aromatic heterocycles. The summed E-state index contributed by atoms with van der Waals surface area (Å²) in [5, 5.41) is 0. The van der Waals surface area contributed by atoms with Crippen molar-refractivity contribution in [3.05, 3.63) is 47.5 Å². The fraction of sp³-hybridized carbons (Fsp3) is 0.429. The van der Waals surface area contributed by atoms with E-state index >= 15 is 0 Å². The molecule has 0 aliphatic carbocycles. The van der Waals surface area contributed by atoms with E-state index in [2.05, 4.69) is 50.3 Å². The third-order valence-corrected chi connectivity index (χ3v) is 3.57. The molecule has 3 unspecified atom stereocenters. The van der Waals surface area contributed by atoms with Gasteiger partial charge < -0.3 is 4.74 Å². The first kappa shape index (κ1) is 9.17. The highest BCUT2D eigenvalue weighted by Gasteiger charge is 2.45. The number of hydrogen-bond acceptors (Lipinski definition) is 1. The van der Waals surface area contributed by atoms with Crippen LogP contribution in [0.4, 0.5) is 0 Å². The molecule has 0 N–H and O–H groups in total. The van der Waals surface area contributed by atoms with Crippen LogP contribution >= 0.6 is 0 Å². The number of aryl methyl sites for hydroxylation is 1. The van der Waals surface area contributed by atoms with Gasteiger partial charge in [-0.25, -0.2) is 0 Å². The van der Waals surface area contributed by atoms with E-state index < -0.39 is 0 Å². The third-order valence-electron chi connectivity index (χ3n) is 3.57. The molecule has 1 aromatic rings. The van der Waals surface area contributed by atoms with Crippen LogP contribution in [-0.4, -0.2) is 11.7 Å². The van der Waals surface area contributed by atoms with E-state index in [4.69, 9.17) is 4.74 Å². The first-order valence-corrected chi connectivity index (χ1v) is 5.60. The average molecular weight is 200 g/mol. The van der Waals surface area contributed by atoms with Crippen molar-refractivity contribution in [2.75, 3.05) is 0 Å². The second-order valence-electron chi connectivity index (χ2n) is 4.98. The van der Waals surface area contributed by atoms with Gasteiger partial charge >= 0.3 is 0 Å². The van der Waals surface area contributed by atoms with Crippen molar-refractivity contribution in [3.63, 3.8) is 0 Å². The molecule has 2 heterocycles. The van der Waals surface area contributed by atoms with Crippen LogP contribution in [-0.2, 0) is 4.74 Å². The van der Waals surface area contributed by atoms with Gasteiger partial charge in [0.1, 0.15) is 0 Å². The molecule has 1 nitrogen and oxygen atoms in total. The lowest BCUT2D eigenvalue weighted by molar-refractivity contribution is 0.0449. The monoisotopic (exact) mass is 200 g/mol. The SMILES string of the molecule is Cc1ccc(C2CC3(C)C=CC2O3)cc1. The zero-order chi connectivity index (χ0) is 10.5. The van der Waals surface area contributed by atoms with Gasteiger partial charge in [0.25, 0.3) is 0 Å². The smallest absolute Gasteiger partial charge is 0.0850 e. The molecule has 0 amide bonds. The number of rotatable bonds is 1. The minimum absolute atomic E-state index is 0.000218. The van der Waals surface area contributed by atoms with E-state index in [-0.39, 0.29) is 5.60 Å². The fourth-order valence-electron chi connectivity index (χ4n) is 2.69. The summed E-state index contributed by atoms with van der Waals surface area (Å²) in [5.41, 5.74) is 2.74. The molecule has 2 bridgehead atoms. The number of ether oxygens (including phenoxy) is 1. The van der Waals surface area contributed by atoms with Gasteiger partial charge in [-0.2, -0.15) is 0 Å². The van der Waals surface area contributed by atoms with Crippen molar-refractivity contribution in [1.29, 1.82) is 0 Å². The van der Waals surface area contributed by atoms with Crippen LogP contribution in [0.1, 0.15) is 30.4 Å². The Morgan fingerprint density at radius 3 is 2.53 bits per heavy atom. The summed E-state index contributed by atoms with van der Waals surface area (Å²) in [6.07, 6.45) is 5.85. The Balaban J connectivity index is 1.91. The fourth-order valence-corrected chi connectivity index (χ4v) is 2.69. The van der Waals surface area contributed by atoms with E-state index in [9.17, 15) is 0 Å². The summed E-state index contributed by atoms with van der Waals surface area (Å²) in [4.78, 5) is 0. The zero-order valence-electron chi connectivity index (χ0n) is 9.23. The molecule has 0 spiro atoms. The molecule has 0 saturated carbocycles. The first-order chi connectivity index (χ1) is 7.16. The van der Waals surface area contributed by atoms with Crippen LogP contribution in [0.25, 0.3) is 0 Å². The van der Waals surface area contributed by atoms with Crippen molar-refractivity contribution in [2.45, 2.75) is 37.9 Å². The Hall–Kier alpha value is -1.08. The number of hydrogen-bond donors (Lipinski definition) is 0. The predicted octanol–water partition coefficient (Wildman–Crippen LogP) is 3.20. The van der Waals surface area contributed by atoms with E-state index in [1.54, 1.807) is 0 Å². The molecule has 1 fully saturated rings. The van der Waals surface area contributed by atoms with E-state index in [1.165, 1.54) is 11.1 Å². The molecular weight excluding hydrogens is 184 g/mol. The molecule has 1 heteroatoms. The summed E-state index contributed by atoms with van der Waals surface area (Å²) in [7, 11) is 0. The molecule has 78 valence electrons. The Labute approximate surface area is 90.8 Å². The zero-order valence-corrected chi connectivity index (χ0v) is 9.23. The van der Waals surface area contributed by atoms with Gasteiger partial charge in [0.15, 0.2) is 0 Å². The summed E-state index contributed by atoms with van der Waals surface area (Å²) >= 11 is 0. The normalized spacial score (nSPS) is 37.5. The highest BCUT2D eigenvalue weighted by atomic mass is 16.5. The van der Waals surface area contributed by atoms with Crippen molar-refractivity contribution in [1.82, 2.24) is 0 Å². The third kappa shape index (κ3) is 1.42. The van der Waals surface area contributed by atoms with Crippen molar-refractivity contribution < 1.29 is 4.74 Å². The molecule has 2 aliphatic rings. The van der Waals surface area contributed by atoms with Gasteiger partial charge in [-0.1, -0.05) is 42.0 Å². The van der Waals surface area contributed by atoms with Crippen LogP contribution in [0, 0.1) is 6.92 Å². The maximum atomic E-state index is 5.95. The standard InChI is InChI=1S/C14H16O/c1-10-3-5-11(6-4-10)12-9-14(2)8-7-13(12)15-14/h3-8,12-13H,9H2,1-2H3. The maximum absolute atomic E-state index is 5.95. The molecule has 1 saturated heterocycles.